The summed E-state index contributed by atoms with van der Waals surface area (Å²) in [7, 11) is 1.58. The molecule has 2 aromatic carbocycles. The van der Waals surface area contributed by atoms with Crippen LogP contribution in [0.1, 0.15) is 60.0 Å². The van der Waals surface area contributed by atoms with Crippen LogP contribution in [0.2, 0.25) is 0 Å². The molecule has 4 saturated carbocycles. The summed E-state index contributed by atoms with van der Waals surface area (Å²) in [5.41, 5.74) is 2.28. The zero-order chi connectivity index (χ0) is 20.0. The van der Waals surface area contributed by atoms with E-state index in [9.17, 15) is 9.90 Å². The number of hydrogen-bond donors (Lipinski definition) is 0. The molecular formula is C25H27O4-. The van der Waals surface area contributed by atoms with Crippen molar-refractivity contribution in [3.63, 3.8) is 0 Å². The quantitative estimate of drug-likeness (QED) is 0.744. The molecule has 2 aromatic rings. The highest BCUT2D eigenvalue weighted by Gasteiger charge is 2.52. The predicted octanol–water partition coefficient (Wildman–Crippen LogP) is 4.11. The molecule has 0 radical (unpaired) electrons. The summed E-state index contributed by atoms with van der Waals surface area (Å²) >= 11 is 0. The first-order valence-electron chi connectivity index (χ1n) is 10.7. The van der Waals surface area contributed by atoms with E-state index in [0.29, 0.717) is 18.1 Å². The number of carbonyl (C=O) groups is 1. The highest BCUT2D eigenvalue weighted by molar-refractivity contribution is 5.87. The molecule has 152 valence electrons. The Bertz CT molecular complexity index is 883. The fraction of sp³-hybridized carbons (Fsp3) is 0.480. The molecule has 0 spiro atoms. The monoisotopic (exact) mass is 391 g/mol. The molecule has 4 fully saturated rings. The van der Waals surface area contributed by atoms with Crippen LogP contribution >= 0.6 is 0 Å². The Labute approximate surface area is 171 Å². The van der Waals surface area contributed by atoms with Crippen LogP contribution < -0.4 is 14.6 Å². The molecule has 0 aromatic heterocycles. The number of methoxy groups -OCH3 is 1. The number of aromatic carboxylic acids is 1. The average Bonchev–Trinajstić information content (AvgIpc) is 2.71. The fourth-order valence-corrected chi connectivity index (χ4v) is 6.58. The molecule has 4 aliphatic rings. The second-order valence-corrected chi connectivity index (χ2v) is 9.31. The molecule has 0 N–H and O–H groups in total. The first-order chi connectivity index (χ1) is 14.1. The summed E-state index contributed by atoms with van der Waals surface area (Å²) in [6, 6.07) is 13.4. The second kappa shape index (κ2) is 7.08. The van der Waals surface area contributed by atoms with E-state index in [2.05, 4.69) is 0 Å². The van der Waals surface area contributed by atoms with Crippen molar-refractivity contribution in [2.24, 2.45) is 17.8 Å². The maximum atomic E-state index is 11.7. The van der Waals surface area contributed by atoms with Crippen LogP contribution in [0.4, 0.5) is 0 Å². The summed E-state index contributed by atoms with van der Waals surface area (Å²) < 4.78 is 11.9. The van der Waals surface area contributed by atoms with Crippen molar-refractivity contribution in [1.29, 1.82) is 0 Å². The fourth-order valence-electron chi connectivity index (χ4n) is 6.58. The van der Waals surface area contributed by atoms with Gasteiger partial charge in [0.1, 0.15) is 6.61 Å². The van der Waals surface area contributed by atoms with E-state index in [1.807, 2.05) is 36.4 Å². The number of carboxylic acid groups (broad SMARTS) is 1. The Morgan fingerprint density at radius 3 is 2.21 bits per heavy atom. The molecule has 4 heteroatoms. The molecule has 4 aliphatic carbocycles. The van der Waals surface area contributed by atoms with Gasteiger partial charge < -0.3 is 19.4 Å². The number of ether oxygens (including phenoxy) is 2. The van der Waals surface area contributed by atoms with Crippen LogP contribution in [0.15, 0.2) is 42.5 Å². The third-order valence-corrected chi connectivity index (χ3v) is 7.35. The summed E-state index contributed by atoms with van der Waals surface area (Å²) in [6.45, 7) is 0.432. The molecule has 6 rings (SSSR count). The van der Waals surface area contributed by atoms with Gasteiger partial charge in [-0.15, -0.1) is 0 Å². The van der Waals surface area contributed by atoms with Gasteiger partial charge in [-0.1, -0.05) is 30.3 Å². The second-order valence-electron chi connectivity index (χ2n) is 9.31. The molecule has 29 heavy (non-hydrogen) atoms. The van der Waals surface area contributed by atoms with Gasteiger partial charge in [0.05, 0.1) is 13.1 Å². The van der Waals surface area contributed by atoms with Crippen molar-refractivity contribution in [2.75, 3.05) is 7.11 Å². The minimum atomic E-state index is -1.16. The highest BCUT2D eigenvalue weighted by Crippen LogP contribution is 2.62. The van der Waals surface area contributed by atoms with E-state index in [-0.39, 0.29) is 11.0 Å². The number of hydrogen-bond acceptors (Lipinski definition) is 4. The smallest absolute Gasteiger partial charge is 0.165 e. The van der Waals surface area contributed by atoms with E-state index in [4.69, 9.17) is 9.47 Å². The van der Waals surface area contributed by atoms with Gasteiger partial charge in [-0.05, 0) is 79.4 Å². The van der Waals surface area contributed by atoms with Gasteiger partial charge in [0.15, 0.2) is 11.5 Å². The summed E-state index contributed by atoms with van der Waals surface area (Å²) in [4.78, 5) is 11.7. The van der Waals surface area contributed by atoms with Gasteiger partial charge in [0, 0.05) is 11.1 Å². The van der Waals surface area contributed by atoms with Crippen molar-refractivity contribution in [3.8, 4) is 11.5 Å². The van der Waals surface area contributed by atoms with Gasteiger partial charge in [-0.3, -0.25) is 0 Å². The first kappa shape index (κ1) is 18.5. The summed E-state index contributed by atoms with van der Waals surface area (Å²) in [5, 5.41) is 11.7. The molecule has 0 saturated heterocycles. The Morgan fingerprint density at radius 2 is 1.66 bits per heavy atom. The summed E-state index contributed by atoms with van der Waals surface area (Å²) in [6.07, 6.45) is 7.37. The van der Waals surface area contributed by atoms with Crippen LogP contribution in [-0.2, 0) is 12.0 Å². The molecule has 0 heterocycles. The van der Waals surface area contributed by atoms with Crippen molar-refractivity contribution >= 4 is 5.97 Å². The zero-order valence-electron chi connectivity index (χ0n) is 16.9. The van der Waals surface area contributed by atoms with E-state index in [1.54, 1.807) is 13.2 Å². The largest absolute Gasteiger partial charge is 0.545 e. The van der Waals surface area contributed by atoms with Crippen molar-refractivity contribution in [1.82, 2.24) is 0 Å². The van der Waals surface area contributed by atoms with Gasteiger partial charge in [-0.2, -0.15) is 0 Å². The van der Waals surface area contributed by atoms with E-state index >= 15 is 0 Å². The third kappa shape index (κ3) is 3.29. The minimum absolute atomic E-state index is 0.000485. The third-order valence-electron chi connectivity index (χ3n) is 7.35. The lowest BCUT2D eigenvalue weighted by Crippen LogP contribution is -2.48. The number of carboxylic acids is 1. The zero-order valence-corrected chi connectivity index (χ0v) is 16.9. The standard InChI is InChI=1S/C25H28O4/c1-28-22-11-20(24(26)27)10-21(23(22)29-15-16-5-3-2-4-6-16)25-12-17-7-18(13-25)9-19(8-17)14-25/h2-6,10-11,17-19H,7-9,12-15H2,1H3,(H,26,27)/p-1. The molecule has 0 amide bonds. The van der Waals surface area contributed by atoms with Gasteiger partial charge in [0.25, 0.3) is 0 Å². The Kier molecular flexibility index (Phi) is 4.53. The van der Waals surface area contributed by atoms with Crippen LogP contribution in [0, 0.1) is 17.8 Å². The maximum absolute atomic E-state index is 11.7. The SMILES string of the molecule is COc1cc(C(=O)[O-])cc(C23CC4CC(CC(C4)C2)C3)c1OCc1ccccc1. The van der Waals surface area contributed by atoms with E-state index in [1.165, 1.54) is 19.3 Å². The number of rotatable bonds is 6. The lowest BCUT2D eigenvalue weighted by atomic mass is 9.48. The first-order valence-corrected chi connectivity index (χ1v) is 10.7. The maximum Gasteiger partial charge on any atom is 0.165 e. The van der Waals surface area contributed by atoms with Crippen LogP contribution in [-0.4, -0.2) is 13.1 Å². The lowest BCUT2D eigenvalue weighted by molar-refractivity contribution is -0.255. The molecule has 0 aliphatic heterocycles. The Morgan fingerprint density at radius 1 is 1.03 bits per heavy atom. The number of carbonyl (C=O) groups excluding carboxylic acids is 1. The Hall–Kier alpha value is -2.49. The molecule has 4 nitrogen and oxygen atoms in total. The van der Waals surface area contributed by atoms with Crippen molar-refractivity contribution in [2.45, 2.75) is 50.5 Å². The van der Waals surface area contributed by atoms with Crippen LogP contribution in [0.5, 0.6) is 11.5 Å². The average molecular weight is 391 g/mol. The molecule has 0 unspecified atom stereocenters. The van der Waals surface area contributed by atoms with Crippen LogP contribution in [0.3, 0.4) is 0 Å². The van der Waals surface area contributed by atoms with Crippen LogP contribution in [0.25, 0.3) is 0 Å². The number of benzene rings is 2. The molecule has 4 bridgehead atoms. The topological polar surface area (TPSA) is 58.6 Å². The molecular weight excluding hydrogens is 364 g/mol. The normalized spacial score (nSPS) is 29.6. The van der Waals surface area contributed by atoms with Crippen molar-refractivity contribution in [3.05, 3.63) is 59.2 Å². The minimum Gasteiger partial charge on any atom is -0.545 e. The van der Waals surface area contributed by atoms with Crippen molar-refractivity contribution < 1.29 is 19.4 Å². The lowest BCUT2D eigenvalue weighted by Gasteiger charge is -2.57. The molecule has 0 atom stereocenters. The highest BCUT2D eigenvalue weighted by atomic mass is 16.5. The summed E-state index contributed by atoms with van der Waals surface area (Å²) in [5.74, 6) is 2.29. The predicted molar refractivity (Wildman–Crippen MR) is 108 cm³/mol. The van der Waals surface area contributed by atoms with Gasteiger partial charge >= 0.3 is 0 Å². The van der Waals surface area contributed by atoms with Gasteiger partial charge in [-0.25, -0.2) is 0 Å². The van der Waals surface area contributed by atoms with E-state index in [0.717, 1.165) is 48.1 Å². The Balaban J connectivity index is 1.58. The van der Waals surface area contributed by atoms with Gasteiger partial charge in [0.2, 0.25) is 0 Å². The van der Waals surface area contributed by atoms with E-state index < -0.39 is 5.97 Å².